The van der Waals surface area contributed by atoms with Crippen molar-refractivity contribution in [3.8, 4) is 11.4 Å². The van der Waals surface area contributed by atoms with Gasteiger partial charge >= 0.3 is 0 Å². The zero-order chi connectivity index (χ0) is 24.3. The van der Waals surface area contributed by atoms with Crippen molar-refractivity contribution in [1.82, 2.24) is 20.5 Å². The summed E-state index contributed by atoms with van der Waals surface area (Å²) >= 11 is 1.41. The number of nitrogens with zero attached hydrogens (tertiary/aromatic N) is 4. The highest BCUT2D eigenvalue weighted by molar-refractivity contribution is 7.99. The van der Waals surface area contributed by atoms with Crippen LogP contribution < -0.4 is 10.2 Å². The largest absolute Gasteiger partial charge is 0.351 e. The van der Waals surface area contributed by atoms with Crippen molar-refractivity contribution >= 4 is 39.2 Å². The van der Waals surface area contributed by atoms with Crippen molar-refractivity contribution in [2.75, 3.05) is 23.7 Å². The molecule has 0 aliphatic carbocycles. The number of amides is 1. The molecule has 1 aromatic heterocycles. The van der Waals surface area contributed by atoms with Crippen LogP contribution in [-0.2, 0) is 10.0 Å². The lowest BCUT2D eigenvalue weighted by Gasteiger charge is -2.30. The first-order valence-corrected chi connectivity index (χ1v) is 13.3. The Bertz CT molecular complexity index is 1320. The number of H-pyrrole nitrogens is 1. The number of amidine groups is 1. The van der Waals surface area contributed by atoms with Crippen LogP contribution in [0.5, 0.6) is 0 Å². The standard InChI is InChI=1S/C23H26N6O3S2/c1-15(2)14-29-16(3)28-34(31,32)20-13-18(9-10-19(20)29)22(30)24-11-12-33-23-25-21(26-27-23)17-7-5-4-6-8-17/h4-10,13,15H,11-12,14H2,1-3H3,(H,24,30)(H,25,26,27). The van der Waals surface area contributed by atoms with Crippen molar-refractivity contribution in [3.05, 3.63) is 54.1 Å². The molecule has 2 N–H and O–H groups in total. The van der Waals surface area contributed by atoms with Gasteiger partial charge in [0, 0.05) is 30.0 Å². The number of nitrogens with one attached hydrogen (secondary N) is 2. The minimum Gasteiger partial charge on any atom is -0.351 e. The Hall–Kier alpha value is -3.18. The molecule has 0 saturated carbocycles. The highest BCUT2D eigenvalue weighted by Gasteiger charge is 2.30. The lowest BCUT2D eigenvalue weighted by Crippen LogP contribution is -2.37. The van der Waals surface area contributed by atoms with Gasteiger partial charge in [-0.3, -0.25) is 9.89 Å². The molecule has 0 fully saturated rings. The second kappa shape index (κ2) is 9.98. The van der Waals surface area contributed by atoms with Crippen molar-refractivity contribution in [2.24, 2.45) is 10.3 Å². The molecule has 2 aromatic carbocycles. The summed E-state index contributed by atoms with van der Waals surface area (Å²) < 4.78 is 29.2. The smallest absolute Gasteiger partial charge is 0.286 e. The second-order valence-electron chi connectivity index (χ2n) is 8.24. The third kappa shape index (κ3) is 5.31. The Morgan fingerprint density at radius 3 is 2.68 bits per heavy atom. The van der Waals surface area contributed by atoms with Gasteiger partial charge in [-0.05, 0) is 31.0 Å². The van der Waals surface area contributed by atoms with Gasteiger partial charge in [-0.2, -0.15) is 8.42 Å². The maximum absolute atomic E-state index is 12.7. The van der Waals surface area contributed by atoms with Gasteiger partial charge < -0.3 is 10.2 Å². The first-order chi connectivity index (χ1) is 16.2. The minimum atomic E-state index is -3.86. The number of carbonyl (C=O) groups is 1. The predicted octanol–water partition coefficient (Wildman–Crippen LogP) is 3.58. The van der Waals surface area contributed by atoms with Crippen molar-refractivity contribution in [2.45, 2.75) is 30.8 Å². The Labute approximate surface area is 203 Å². The molecular formula is C23H26N6O3S2. The van der Waals surface area contributed by atoms with E-state index < -0.39 is 10.0 Å². The summed E-state index contributed by atoms with van der Waals surface area (Å²) in [4.78, 5) is 19.0. The van der Waals surface area contributed by atoms with Crippen LogP contribution in [-0.4, -0.2) is 54.2 Å². The number of anilines is 1. The molecule has 0 atom stereocenters. The van der Waals surface area contributed by atoms with Crippen LogP contribution in [0.1, 0.15) is 31.1 Å². The second-order valence-corrected chi connectivity index (χ2v) is 10.9. The maximum Gasteiger partial charge on any atom is 0.286 e. The van der Waals surface area contributed by atoms with Crippen LogP contribution >= 0.6 is 11.8 Å². The minimum absolute atomic E-state index is 0.0509. The van der Waals surface area contributed by atoms with Crippen LogP contribution in [0.3, 0.4) is 0 Å². The predicted molar refractivity (Wildman–Crippen MR) is 134 cm³/mol. The van der Waals surface area contributed by atoms with Crippen molar-refractivity contribution in [3.63, 3.8) is 0 Å². The van der Waals surface area contributed by atoms with E-state index in [-0.39, 0.29) is 16.4 Å². The average Bonchev–Trinajstić information content (AvgIpc) is 3.28. The molecular weight excluding hydrogens is 472 g/mol. The van der Waals surface area contributed by atoms with E-state index in [1.165, 1.54) is 17.8 Å². The summed E-state index contributed by atoms with van der Waals surface area (Å²) in [7, 11) is -3.86. The van der Waals surface area contributed by atoms with Gasteiger partial charge in [0.15, 0.2) is 5.82 Å². The SMILES string of the molecule is CC1=NS(=O)(=O)c2cc(C(=O)NCCSc3n[nH]c(-c4ccccc4)n3)ccc2N1CC(C)C. The Morgan fingerprint density at radius 2 is 1.94 bits per heavy atom. The monoisotopic (exact) mass is 498 g/mol. The van der Waals surface area contributed by atoms with E-state index in [4.69, 9.17) is 0 Å². The molecule has 0 saturated heterocycles. The number of thioether (sulfide) groups is 1. The molecule has 11 heteroatoms. The van der Waals surface area contributed by atoms with E-state index >= 15 is 0 Å². The zero-order valence-corrected chi connectivity index (χ0v) is 20.8. The fourth-order valence-electron chi connectivity index (χ4n) is 3.57. The van der Waals surface area contributed by atoms with E-state index in [0.717, 1.165) is 5.56 Å². The number of carbonyl (C=O) groups excluding carboxylic acids is 1. The summed E-state index contributed by atoms with van der Waals surface area (Å²) in [6, 6.07) is 14.4. The molecule has 178 valence electrons. The number of hydrogen-bond donors (Lipinski definition) is 2. The van der Waals surface area contributed by atoms with Crippen LogP contribution in [0.15, 0.2) is 63.0 Å². The average molecular weight is 499 g/mol. The molecule has 1 aliphatic heterocycles. The van der Waals surface area contributed by atoms with Gasteiger partial charge in [0.25, 0.3) is 15.9 Å². The third-order valence-electron chi connectivity index (χ3n) is 5.11. The van der Waals surface area contributed by atoms with Gasteiger partial charge in [0.05, 0.1) is 5.69 Å². The van der Waals surface area contributed by atoms with Gasteiger partial charge in [-0.1, -0.05) is 55.9 Å². The summed E-state index contributed by atoms with van der Waals surface area (Å²) in [6.45, 7) is 6.79. The highest BCUT2D eigenvalue weighted by atomic mass is 32.2. The molecule has 9 nitrogen and oxygen atoms in total. The molecule has 1 amide bonds. The molecule has 4 rings (SSSR count). The Morgan fingerprint density at radius 1 is 1.18 bits per heavy atom. The van der Waals surface area contributed by atoms with E-state index in [0.29, 0.717) is 47.3 Å². The molecule has 3 aromatic rings. The first-order valence-electron chi connectivity index (χ1n) is 10.9. The van der Waals surface area contributed by atoms with Gasteiger partial charge in [0.1, 0.15) is 10.7 Å². The fourth-order valence-corrected chi connectivity index (χ4v) is 5.49. The first kappa shape index (κ1) is 24.0. The Balaban J connectivity index is 1.38. The summed E-state index contributed by atoms with van der Waals surface area (Å²) in [5, 5.41) is 10.5. The fraction of sp³-hybridized carbons (Fsp3) is 0.304. The topological polar surface area (TPSA) is 120 Å². The molecule has 2 heterocycles. The number of hydrogen-bond acceptors (Lipinski definition) is 7. The summed E-state index contributed by atoms with van der Waals surface area (Å²) in [6.07, 6.45) is 0. The van der Waals surface area contributed by atoms with E-state index in [2.05, 4.69) is 38.7 Å². The quantitative estimate of drug-likeness (QED) is 0.360. The molecule has 0 spiro atoms. The lowest BCUT2D eigenvalue weighted by molar-refractivity contribution is 0.0956. The number of fused-ring (bicyclic) bond motifs is 1. The number of benzene rings is 2. The van der Waals surface area contributed by atoms with E-state index in [9.17, 15) is 13.2 Å². The van der Waals surface area contributed by atoms with Gasteiger partial charge in [0.2, 0.25) is 5.16 Å². The molecule has 1 aliphatic rings. The van der Waals surface area contributed by atoms with E-state index in [1.54, 1.807) is 19.1 Å². The van der Waals surface area contributed by atoms with Crippen LogP contribution in [0, 0.1) is 5.92 Å². The zero-order valence-electron chi connectivity index (χ0n) is 19.1. The molecule has 0 bridgehead atoms. The molecule has 0 radical (unpaired) electrons. The third-order valence-corrected chi connectivity index (χ3v) is 7.35. The molecule has 34 heavy (non-hydrogen) atoms. The van der Waals surface area contributed by atoms with Gasteiger partial charge in [-0.15, -0.1) is 9.50 Å². The van der Waals surface area contributed by atoms with Gasteiger partial charge in [-0.25, -0.2) is 4.98 Å². The van der Waals surface area contributed by atoms with E-state index in [1.807, 2.05) is 35.2 Å². The van der Waals surface area contributed by atoms with Crippen LogP contribution in [0.4, 0.5) is 5.69 Å². The van der Waals surface area contributed by atoms with Crippen molar-refractivity contribution < 1.29 is 13.2 Å². The lowest BCUT2D eigenvalue weighted by atomic mass is 10.1. The Kier molecular flexibility index (Phi) is 7.03. The summed E-state index contributed by atoms with van der Waals surface area (Å²) in [5.41, 5.74) is 1.77. The summed E-state index contributed by atoms with van der Waals surface area (Å²) in [5.74, 6) is 1.64. The number of aromatic nitrogens is 3. The highest BCUT2D eigenvalue weighted by Crippen LogP contribution is 2.33. The normalized spacial score (nSPS) is 14.6. The van der Waals surface area contributed by atoms with Crippen LogP contribution in [0.2, 0.25) is 0 Å². The number of rotatable bonds is 8. The van der Waals surface area contributed by atoms with Crippen LogP contribution in [0.25, 0.3) is 11.4 Å². The molecule has 0 unspecified atom stereocenters. The number of sulfonamides is 1. The maximum atomic E-state index is 12.7. The number of aromatic amines is 1. The van der Waals surface area contributed by atoms with Crippen molar-refractivity contribution in [1.29, 1.82) is 0 Å².